The molecule has 100 valence electrons. The number of thioether (sulfide) groups is 1. The van der Waals surface area contributed by atoms with Gasteiger partial charge in [0.25, 0.3) is 0 Å². The number of rotatable bonds is 10. The van der Waals surface area contributed by atoms with Crippen LogP contribution in [0.3, 0.4) is 0 Å². The van der Waals surface area contributed by atoms with Gasteiger partial charge in [-0.3, -0.25) is 9.59 Å². The Balaban J connectivity index is 3.31. The van der Waals surface area contributed by atoms with Crippen LogP contribution in [0.5, 0.6) is 0 Å². The molecule has 0 fully saturated rings. The fraction of sp³-hybridized carbons (Fsp3) is 0.833. The van der Waals surface area contributed by atoms with Gasteiger partial charge in [0.15, 0.2) is 0 Å². The highest BCUT2D eigenvalue weighted by Crippen LogP contribution is 2.01. The van der Waals surface area contributed by atoms with Gasteiger partial charge in [-0.05, 0) is 31.8 Å². The molecular formula is C12H23NO3S. The van der Waals surface area contributed by atoms with Gasteiger partial charge in [-0.15, -0.1) is 0 Å². The third kappa shape index (κ3) is 11.6. The van der Waals surface area contributed by atoms with Crippen molar-refractivity contribution in [2.75, 3.05) is 25.2 Å². The molecule has 0 bridgehead atoms. The Bertz CT molecular complexity index is 222. The molecule has 0 aliphatic carbocycles. The Kier molecular flexibility index (Phi) is 11.3. The van der Waals surface area contributed by atoms with Crippen molar-refractivity contribution in [3.05, 3.63) is 0 Å². The molecule has 0 aromatic carbocycles. The SMILES string of the molecule is CCOC(=O)CCC(=O)NCCCCCSC. The van der Waals surface area contributed by atoms with E-state index in [9.17, 15) is 9.59 Å². The largest absolute Gasteiger partial charge is 0.466 e. The van der Waals surface area contributed by atoms with E-state index in [1.54, 1.807) is 6.92 Å². The predicted octanol–water partition coefficient (Wildman–Crippen LogP) is 1.98. The van der Waals surface area contributed by atoms with Gasteiger partial charge in [-0.25, -0.2) is 0 Å². The minimum Gasteiger partial charge on any atom is -0.466 e. The summed E-state index contributed by atoms with van der Waals surface area (Å²) in [6.45, 7) is 2.83. The number of carbonyl (C=O) groups excluding carboxylic acids is 2. The van der Waals surface area contributed by atoms with E-state index in [2.05, 4.69) is 11.6 Å². The van der Waals surface area contributed by atoms with Crippen molar-refractivity contribution in [2.45, 2.75) is 39.0 Å². The monoisotopic (exact) mass is 261 g/mol. The van der Waals surface area contributed by atoms with Crippen LogP contribution in [0.1, 0.15) is 39.0 Å². The van der Waals surface area contributed by atoms with Gasteiger partial charge in [0.1, 0.15) is 0 Å². The number of unbranched alkanes of at least 4 members (excludes halogenated alkanes) is 2. The Labute approximate surface area is 108 Å². The Morgan fingerprint density at radius 2 is 1.94 bits per heavy atom. The van der Waals surface area contributed by atoms with Crippen molar-refractivity contribution >= 4 is 23.6 Å². The lowest BCUT2D eigenvalue weighted by Gasteiger charge is -2.05. The lowest BCUT2D eigenvalue weighted by molar-refractivity contribution is -0.144. The summed E-state index contributed by atoms with van der Waals surface area (Å²) in [6, 6.07) is 0. The first-order valence-electron chi connectivity index (χ1n) is 6.12. The fourth-order valence-corrected chi connectivity index (χ4v) is 1.81. The highest BCUT2D eigenvalue weighted by Gasteiger charge is 2.06. The quantitative estimate of drug-likeness (QED) is 0.482. The van der Waals surface area contributed by atoms with E-state index in [1.807, 2.05) is 11.8 Å². The van der Waals surface area contributed by atoms with Crippen LogP contribution in [0.2, 0.25) is 0 Å². The summed E-state index contributed by atoms with van der Waals surface area (Å²) >= 11 is 1.84. The van der Waals surface area contributed by atoms with Crippen molar-refractivity contribution in [1.82, 2.24) is 5.32 Å². The van der Waals surface area contributed by atoms with Gasteiger partial charge < -0.3 is 10.1 Å². The Hall–Kier alpha value is -0.710. The van der Waals surface area contributed by atoms with Crippen LogP contribution in [0.25, 0.3) is 0 Å². The highest BCUT2D eigenvalue weighted by molar-refractivity contribution is 7.98. The van der Waals surface area contributed by atoms with E-state index in [0.717, 1.165) is 12.8 Å². The molecule has 0 unspecified atom stereocenters. The van der Waals surface area contributed by atoms with Crippen molar-refractivity contribution in [2.24, 2.45) is 0 Å². The second-order valence-electron chi connectivity index (χ2n) is 3.71. The molecule has 0 aliphatic rings. The molecule has 0 aliphatic heterocycles. The molecule has 0 rings (SSSR count). The highest BCUT2D eigenvalue weighted by atomic mass is 32.2. The number of nitrogens with one attached hydrogen (secondary N) is 1. The molecule has 0 heterocycles. The Morgan fingerprint density at radius 1 is 1.18 bits per heavy atom. The van der Waals surface area contributed by atoms with Crippen LogP contribution in [0, 0.1) is 0 Å². The topological polar surface area (TPSA) is 55.4 Å². The summed E-state index contributed by atoms with van der Waals surface area (Å²) in [4.78, 5) is 22.3. The van der Waals surface area contributed by atoms with Gasteiger partial charge in [-0.1, -0.05) is 6.42 Å². The smallest absolute Gasteiger partial charge is 0.306 e. The zero-order valence-corrected chi connectivity index (χ0v) is 11.6. The van der Waals surface area contributed by atoms with Crippen LogP contribution in [0.4, 0.5) is 0 Å². The average molecular weight is 261 g/mol. The number of hydrogen-bond acceptors (Lipinski definition) is 4. The predicted molar refractivity (Wildman–Crippen MR) is 71.1 cm³/mol. The zero-order valence-electron chi connectivity index (χ0n) is 10.8. The van der Waals surface area contributed by atoms with Gasteiger partial charge in [0, 0.05) is 13.0 Å². The van der Waals surface area contributed by atoms with Crippen molar-refractivity contribution in [3.63, 3.8) is 0 Å². The number of ether oxygens (including phenoxy) is 1. The summed E-state index contributed by atoms with van der Waals surface area (Å²) in [5.41, 5.74) is 0. The normalized spacial score (nSPS) is 10.0. The molecule has 0 aromatic rings. The molecule has 0 radical (unpaired) electrons. The zero-order chi connectivity index (χ0) is 12.9. The molecule has 0 aromatic heterocycles. The van der Waals surface area contributed by atoms with E-state index >= 15 is 0 Å². The fourth-order valence-electron chi connectivity index (χ4n) is 1.31. The molecule has 0 spiro atoms. The van der Waals surface area contributed by atoms with Crippen LogP contribution in [-0.4, -0.2) is 37.0 Å². The second-order valence-corrected chi connectivity index (χ2v) is 4.69. The first kappa shape index (κ1) is 16.3. The summed E-state index contributed by atoms with van der Waals surface area (Å²) in [5, 5.41) is 2.80. The molecule has 0 atom stereocenters. The average Bonchev–Trinajstić information content (AvgIpc) is 2.31. The lowest BCUT2D eigenvalue weighted by Crippen LogP contribution is -2.25. The summed E-state index contributed by atoms with van der Waals surface area (Å²) in [6.07, 6.45) is 5.83. The van der Waals surface area contributed by atoms with Crippen LogP contribution >= 0.6 is 11.8 Å². The van der Waals surface area contributed by atoms with Crippen molar-refractivity contribution in [1.29, 1.82) is 0 Å². The van der Waals surface area contributed by atoms with E-state index in [-0.39, 0.29) is 24.7 Å². The van der Waals surface area contributed by atoms with E-state index in [0.29, 0.717) is 13.2 Å². The third-order valence-corrected chi connectivity index (χ3v) is 2.91. The van der Waals surface area contributed by atoms with Crippen molar-refractivity contribution in [3.8, 4) is 0 Å². The third-order valence-electron chi connectivity index (χ3n) is 2.21. The molecule has 0 saturated heterocycles. The summed E-state index contributed by atoms with van der Waals surface area (Å²) in [5.74, 6) is 0.808. The number of amides is 1. The maximum absolute atomic E-state index is 11.3. The van der Waals surface area contributed by atoms with Gasteiger partial charge in [0.05, 0.1) is 13.0 Å². The summed E-state index contributed by atoms with van der Waals surface area (Å²) < 4.78 is 4.74. The van der Waals surface area contributed by atoms with Crippen LogP contribution < -0.4 is 5.32 Å². The van der Waals surface area contributed by atoms with E-state index in [1.165, 1.54) is 12.2 Å². The number of hydrogen-bond donors (Lipinski definition) is 1. The Morgan fingerprint density at radius 3 is 2.59 bits per heavy atom. The van der Waals surface area contributed by atoms with Crippen molar-refractivity contribution < 1.29 is 14.3 Å². The molecule has 1 N–H and O–H groups in total. The minimum absolute atomic E-state index is 0.0667. The lowest BCUT2D eigenvalue weighted by atomic mass is 10.2. The minimum atomic E-state index is -0.303. The second kappa shape index (κ2) is 11.8. The van der Waals surface area contributed by atoms with Crippen LogP contribution in [-0.2, 0) is 14.3 Å². The van der Waals surface area contributed by atoms with Gasteiger partial charge in [0.2, 0.25) is 5.91 Å². The van der Waals surface area contributed by atoms with Crippen LogP contribution in [0.15, 0.2) is 0 Å². The molecule has 17 heavy (non-hydrogen) atoms. The number of esters is 1. The van der Waals surface area contributed by atoms with Gasteiger partial charge in [-0.2, -0.15) is 11.8 Å². The number of carbonyl (C=O) groups is 2. The first-order chi connectivity index (χ1) is 8.20. The molecule has 1 amide bonds. The molecular weight excluding hydrogens is 238 g/mol. The van der Waals surface area contributed by atoms with E-state index in [4.69, 9.17) is 4.74 Å². The maximum Gasteiger partial charge on any atom is 0.306 e. The van der Waals surface area contributed by atoms with Gasteiger partial charge >= 0.3 is 5.97 Å². The molecule has 5 heteroatoms. The standard InChI is InChI=1S/C12H23NO3S/c1-3-16-12(15)8-7-11(14)13-9-5-4-6-10-17-2/h3-10H2,1-2H3,(H,13,14). The maximum atomic E-state index is 11.3. The molecule has 0 saturated carbocycles. The molecule has 4 nitrogen and oxygen atoms in total. The van der Waals surface area contributed by atoms with E-state index < -0.39 is 0 Å². The summed E-state index contributed by atoms with van der Waals surface area (Å²) in [7, 11) is 0. The first-order valence-corrected chi connectivity index (χ1v) is 7.51.